The zero-order chi connectivity index (χ0) is 13.0. The van der Waals surface area contributed by atoms with E-state index in [2.05, 4.69) is 4.90 Å². The molecular weight excluding hydrogens is 236 g/mol. The lowest BCUT2D eigenvalue weighted by Crippen LogP contribution is -2.56. The lowest BCUT2D eigenvalue weighted by molar-refractivity contribution is -0.138. The average Bonchev–Trinajstić information content (AvgIpc) is 2.69. The van der Waals surface area contributed by atoms with Crippen LogP contribution in [0, 0.1) is 29.6 Å². The maximum atomic E-state index is 12.4. The summed E-state index contributed by atoms with van der Waals surface area (Å²) in [7, 11) is 0. The van der Waals surface area contributed by atoms with Crippen LogP contribution in [0.4, 0.5) is 0 Å². The van der Waals surface area contributed by atoms with Crippen LogP contribution >= 0.6 is 0 Å². The third kappa shape index (κ3) is 1.93. The minimum absolute atomic E-state index is 0.427. The normalized spacial score (nSPS) is 48.3. The van der Waals surface area contributed by atoms with Crippen molar-refractivity contribution in [3.05, 3.63) is 0 Å². The van der Waals surface area contributed by atoms with Gasteiger partial charge in [0.25, 0.3) is 0 Å². The smallest absolute Gasteiger partial charge is 0.223 e. The molecule has 2 N–H and O–H groups in total. The molecule has 0 aromatic carbocycles. The second-order valence-corrected chi connectivity index (χ2v) is 7.61. The van der Waals surface area contributed by atoms with Crippen molar-refractivity contribution in [3.63, 3.8) is 0 Å². The summed E-state index contributed by atoms with van der Waals surface area (Å²) in [6.07, 6.45) is 8.90. The Labute approximate surface area is 115 Å². The van der Waals surface area contributed by atoms with E-state index in [1.165, 1.54) is 32.1 Å². The Balaban J connectivity index is 1.51. The maximum Gasteiger partial charge on any atom is 0.223 e. The van der Waals surface area contributed by atoms with Gasteiger partial charge in [0.1, 0.15) is 0 Å². The predicted octanol–water partition coefficient (Wildman–Crippen LogP) is 2.01. The molecule has 0 spiro atoms. The molecule has 4 bridgehead atoms. The summed E-state index contributed by atoms with van der Waals surface area (Å²) in [5, 5.41) is 0. The van der Waals surface area contributed by atoms with Crippen LogP contribution in [0.15, 0.2) is 0 Å². The Morgan fingerprint density at radius 1 is 1.05 bits per heavy atom. The SMILES string of the molecule is NCCC1CC(=O)N(C2C3CC4CC(C3)CC2C4)C1. The van der Waals surface area contributed by atoms with Crippen molar-refractivity contribution < 1.29 is 4.79 Å². The molecule has 0 aromatic heterocycles. The summed E-state index contributed by atoms with van der Waals surface area (Å²) >= 11 is 0. The molecule has 0 radical (unpaired) electrons. The fourth-order valence-electron chi connectivity index (χ4n) is 5.93. The van der Waals surface area contributed by atoms with Crippen molar-refractivity contribution in [2.24, 2.45) is 35.3 Å². The molecule has 19 heavy (non-hydrogen) atoms. The number of nitrogens with two attached hydrogens (primary N) is 1. The zero-order valence-electron chi connectivity index (χ0n) is 11.8. The quantitative estimate of drug-likeness (QED) is 0.845. The first-order valence-electron chi connectivity index (χ1n) is 8.24. The molecule has 5 rings (SSSR count). The molecule has 5 aliphatic rings. The van der Waals surface area contributed by atoms with Gasteiger partial charge in [0.2, 0.25) is 5.91 Å². The van der Waals surface area contributed by atoms with Crippen molar-refractivity contribution in [2.45, 2.75) is 51.0 Å². The third-order valence-corrected chi connectivity index (χ3v) is 6.35. The highest BCUT2D eigenvalue weighted by Gasteiger charge is 2.52. The van der Waals surface area contributed by atoms with E-state index < -0.39 is 0 Å². The summed E-state index contributed by atoms with van der Waals surface area (Å²) in [4.78, 5) is 14.7. The van der Waals surface area contributed by atoms with Crippen molar-refractivity contribution >= 4 is 5.91 Å². The lowest BCUT2D eigenvalue weighted by Gasteiger charge is -2.56. The standard InChI is InChI=1S/C16H26N2O/c17-2-1-10-8-15(19)18(9-10)16-13-4-11-3-12(6-13)7-14(16)5-11/h10-14,16H,1-9,17H2. The Kier molecular flexibility index (Phi) is 2.87. The number of hydrogen-bond acceptors (Lipinski definition) is 2. The summed E-state index contributed by atoms with van der Waals surface area (Å²) in [6.45, 7) is 1.73. The van der Waals surface area contributed by atoms with E-state index in [1.807, 2.05) is 0 Å². The second-order valence-electron chi connectivity index (χ2n) is 7.61. The van der Waals surface area contributed by atoms with Crippen LogP contribution in [0.1, 0.15) is 44.9 Å². The maximum absolute atomic E-state index is 12.4. The molecule has 3 heteroatoms. The Morgan fingerprint density at radius 3 is 2.26 bits per heavy atom. The summed E-state index contributed by atoms with van der Waals surface area (Å²) in [5.74, 6) is 4.62. The number of nitrogens with zero attached hydrogens (tertiary/aromatic N) is 1. The van der Waals surface area contributed by atoms with E-state index in [0.717, 1.165) is 49.6 Å². The fourth-order valence-corrected chi connectivity index (χ4v) is 5.93. The van der Waals surface area contributed by atoms with Crippen molar-refractivity contribution in [1.29, 1.82) is 0 Å². The highest BCUT2D eigenvalue weighted by Crippen LogP contribution is 2.55. The van der Waals surface area contributed by atoms with Crippen molar-refractivity contribution in [2.75, 3.05) is 13.1 Å². The number of likely N-dealkylation sites (tertiary alicyclic amines) is 1. The topological polar surface area (TPSA) is 46.3 Å². The Morgan fingerprint density at radius 2 is 1.68 bits per heavy atom. The van der Waals surface area contributed by atoms with Gasteiger partial charge in [-0.15, -0.1) is 0 Å². The van der Waals surface area contributed by atoms with Gasteiger partial charge in [-0.3, -0.25) is 4.79 Å². The van der Waals surface area contributed by atoms with E-state index in [4.69, 9.17) is 5.73 Å². The first kappa shape index (κ1) is 12.2. The van der Waals surface area contributed by atoms with Crippen LogP contribution in [0.2, 0.25) is 0 Å². The van der Waals surface area contributed by atoms with E-state index in [0.29, 0.717) is 17.9 Å². The fraction of sp³-hybridized carbons (Fsp3) is 0.938. The van der Waals surface area contributed by atoms with Gasteiger partial charge in [0, 0.05) is 19.0 Å². The molecule has 1 atom stereocenters. The minimum atomic E-state index is 0.427. The number of rotatable bonds is 3. The van der Waals surface area contributed by atoms with Gasteiger partial charge in [-0.25, -0.2) is 0 Å². The predicted molar refractivity (Wildman–Crippen MR) is 74.3 cm³/mol. The van der Waals surface area contributed by atoms with Crippen molar-refractivity contribution in [3.8, 4) is 0 Å². The van der Waals surface area contributed by atoms with Crippen LogP contribution < -0.4 is 5.73 Å². The van der Waals surface area contributed by atoms with Gasteiger partial charge < -0.3 is 10.6 Å². The van der Waals surface area contributed by atoms with Gasteiger partial charge in [-0.2, -0.15) is 0 Å². The lowest BCUT2D eigenvalue weighted by atomic mass is 9.54. The summed E-state index contributed by atoms with van der Waals surface area (Å²) < 4.78 is 0. The van der Waals surface area contributed by atoms with Gasteiger partial charge in [0.15, 0.2) is 0 Å². The first-order valence-corrected chi connectivity index (χ1v) is 8.24. The number of amides is 1. The van der Waals surface area contributed by atoms with Gasteiger partial charge in [-0.05, 0) is 74.7 Å². The van der Waals surface area contributed by atoms with Gasteiger partial charge in [0.05, 0.1) is 0 Å². The summed E-state index contributed by atoms with van der Waals surface area (Å²) in [5.41, 5.74) is 5.66. The molecule has 5 fully saturated rings. The van der Waals surface area contributed by atoms with Crippen LogP contribution in [-0.2, 0) is 4.79 Å². The van der Waals surface area contributed by atoms with E-state index in [9.17, 15) is 4.79 Å². The molecule has 106 valence electrons. The van der Waals surface area contributed by atoms with Crippen molar-refractivity contribution in [1.82, 2.24) is 4.90 Å². The number of carbonyl (C=O) groups is 1. The van der Waals surface area contributed by atoms with Crippen LogP contribution in [-0.4, -0.2) is 29.9 Å². The first-order chi connectivity index (χ1) is 9.24. The van der Waals surface area contributed by atoms with E-state index in [1.54, 1.807) is 0 Å². The highest BCUT2D eigenvalue weighted by molar-refractivity contribution is 5.79. The second kappa shape index (κ2) is 4.47. The van der Waals surface area contributed by atoms with Crippen LogP contribution in [0.5, 0.6) is 0 Å². The molecular formula is C16H26N2O. The molecule has 4 aliphatic carbocycles. The van der Waals surface area contributed by atoms with E-state index >= 15 is 0 Å². The molecule has 1 heterocycles. The molecule has 0 aromatic rings. The number of carbonyl (C=O) groups excluding carboxylic acids is 1. The average molecular weight is 262 g/mol. The van der Waals surface area contributed by atoms with Crippen LogP contribution in [0.25, 0.3) is 0 Å². The molecule has 1 saturated heterocycles. The highest BCUT2D eigenvalue weighted by atomic mass is 16.2. The Bertz CT molecular complexity index is 353. The van der Waals surface area contributed by atoms with Crippen LogP contribution in [0.3, 0.4) is 0 Å². The summed E-state index contributed by atoms with van der Waals surface area (Å²) in [6, 6.07) is 0.600. The molecule has 1 aliphatic heterocycles. The molecule has 1 unspecified atom stereocenters. The molecule has 1 amide bonds. The number of hydrogen-bond donors (Lipinski definition) is 1. The van der Waals surface area contributed by atoms with Gasteiger partial charge >= 0.3 is 0 Å². The largest absolute Gasteiger partial charge is 0.339 e. The van der Waals surface area contributed by atoms with Gasteiger partial charge in [-0.1, -0.05) is 0 Å². The molecule has 3 nitrogen and oxygen atoms in total. The monoisotopic (exact) mass is 262 g/mol. The third-order valence-electron chi connectivity index (χ3n) is 6.35. The molecule has 4 saturated carbocycles. The Hall–Kier alpha value is -0.570. The van der Waals surface area contributed by atoms with E-state index in [-0.39, 0.29) is 0 Å². The zero-order valence-corrected chi connectivity index (χ0v) is 11.8. The minimum Gasteiger partial charge on any atom is -0.339 e.